The molecule has 0 atom stereocenters. The van der Waals surface area contributed by atoms with Crippen LogP contribution in [0.4, 0.5) is 0 Å². The van der Waals surface area contributed by atoms with Crippen molar-refractivity contribution in [2.75, 3.05) is 7.05 Å². The highest BCUT2D eigenvalue weighted by atomic mass is 16.2. The smallest absolute Gasteiger partial charge is 0.251 e. The lowest BCUT2D eigenvalue weighted by Gasteiger charge is -2.03. The maximum atomic E-state index is 11.3. The van der Waals surface area contributed by atoms with Crippen LogP contribution in [0.5, 0.6) is 0 Å². The van der Waals surface area contributed by atoms with Crippen LogP contribution < -0.4 is 10.7 Å². The van der Waals surface area contributed by atoms with Gasteiger partial charge >= 0.3 is 0 Å². The molecule has 0 unspecified atom stereocenters. The van der Waals surface area contributed by atoms with Crippen LogP contribution in [0.3, 0.4) is 0 Å². The van der Waals surface area contributed by atoms with Gasteiger partial charge < -0.3 is 5.32 Å². The van der Waals surface area contributed by atoms with E-state index in [0.29, 0.717) is 11.3 Å². The van der Waals surface area contributed by atoms with Crippen molar-refractivity contribution in [1.29, 1.82) is 0 Å². The average molecular weight is 233 g/mol. The van der Waals surface area contributed by atoms with Gasteiger partial charge in [0.15, 0.2) is 0 Å². The summed E-state index contributed by atoms with van der Waals surface area (Å²) in [5.74, 6) is -0.348. The Balaban J connectivity index is 2.83. The number of amides is 2. The first-order valence-electron chi connectivity index (χ1n) is 5.18. The predicted molar refractivity (Wildman–Crippen MR) is 65.9 cm³/mol. The summed E-state index contributed by atoms with van der Waals surface area (Å²) >= 11 is 0. The van der Waals surface area contributed by atoms with Crippen LogP contribution in [-0.4, -0.2) is 24.6 Å². The van der Waals surface area contributed by atoms with Crippen LogP contribution in [0, 0.1) is 0 Å². The highest BCUT2D eigenvalue weighted by Crippen LogP contribution is 2.05. The number of hydrogen-bond acceptors (Lipinski definition) is 3. The summed E-state index contributed by atoms with van der Waals surface area (Å²) in [4.78, 5) is 22.0. The lowest BCUT2D eigenvalue weighted by atomic mass is 10.1. The van der Waals surface area contributed by atoms with E-state index in [-0.39, 0.29) is 11.8 Å². The van der Waals surface area contributed by atoms with E-state index >= 15 is 0 Å². The summed E-state index contributed by atoms with van der Waals surface area (Å²) in [6.45, 7) is 3.18. The van der Waals surface area contributed by atoms with E-state index in [1.54, 1.807) is 38.2 Å². The van der Waals surface area contributed by atoms with E-state index in [2.05, 4.69) is 15.8 Å². The fraction of sp³-hybridized carbons (Fsp3) is 0.250. The monoisotopic (exact) mass is 233 g/mol. The number of nitrogens with one attached hydrogen (secondary N) is 2. The first kappa shape index (κ1) is 12.9. The van der Waals surface area contributed by atoms with Crippen LogP contribution in [0.15, 0.2) is 29.4 Å². The maximum Gasteiger partial charge on any atom is 0.251 e. The molecule has 5 nitrogen and oxygen atoms in total. The van der Waals surface area contributed by atoms with Gasteiger partial charge in [0.25, 0.3) is 5.91 Å². The molecule has 5 heteroatoms. The maximum absolute atomic E-state index is 11.3. The molecule has 1 aromatic rings. The Kier molecular flexibility index (Phi) is 4.39. The Bertz CT molecular complexity index is 449. The van der Waals surface area contributed by atoms with Gasteiger partial charge in [0.05, 0.1) is 5.71 Å². The summed E-state index contributed by atoms with van der Waals surface area (Å²) in [5, 5.41) is 6.45. The third-order valence-electron chi connectivity index (χ3n) is 2.17. The van der Waals surface area contributed by atoms with Gasteiger partial charge in [0.1, 0.15) is 0 Å². The summed E-state index contributed by atoms with van der Waals surface area (Å²) in [5.41, 5.74) is 4.49. The van der Waals surface area contributed by atoms with Gasteiger partial charge in [-0.1, -0.05) is 12.1 Å². The van der Waals surface area contributed by atoms with Gasteiger partial charge in [-0.2, -0.15) is 5.10 Å². The third-order valence-corrected chi connectivity index (χ3v) is 2.17. The molecule has 1 rings (SSSR count). The van der Waals surface area contributed by atoms with Gasteiger partial charge in [-0.05, 0) is 24.6 Å². The summed E-state index contributed by atoms with van der Waals surface area (Å²) in [6, 6.07) is 6.98. The minimum atomic E-state index is -0.216. The second-order valence-corrected chi connectivity index (χ2v) is 3.52. The van der Waals surface area contributed by atoms with Crippen molar-refractivity contribution in [3.05, 3.63) is 35.4 Å². The van der Waals surface area contributed by atoms with Crippen molar-refractivity contribution < 1.29 is 9.59 Å². The number of nitrogens with zero attached hydrogens (tertiary/aromatic N) is 1. The zero-order chi connectivity index (χ0) is 12.8. The predicted octanol–water partition coefficient (Wildman–Crippen LogP) is 0.906. The molecule has 2 N–H and O–H groups in total. The van der Waals surface area contributed by atoms with E-state index < -0.39 is 0 Å². The molecule has 0 aromatic heterocycles. The van der Waals surface area contributed by atoms with Gasteiger partial charge in [0, 0.05) is 19.5 Å². The van der Waals surface area contributed by atoms with Gasteiger partial charge in [-0.3, -0.25) is 9.59 Å². The molecule has 0 saturated heterocycles. The number of carbonyl (C=O) groups excluding carboxylic acids is 2. The minimum absolute atomic E-state index is 0.131. The Morgan fingerprint density at radius 3 is 2.06 bits per heavy atom. The molecule has 0 spiro atoms. The summed E-state index contributed by atoms with van der Waals surface area (Å²) < 4.78 is 0. The molecule has 17 heavy (non-hydrogen) atoms. The van der Waals surface area contributed by atoms with Gasteiger partial charge in [-0.25, -0.2) is 5.43 Å². The number of hydrogen-bond donors (Lipinski definition) is 2. The summed E-state index contributed by atoms with van der Waals surface area (Å²) in [6.07, 6.45) is 0. The molecule has 0 aliphatic heterocycles. The molecule has 2 amide bonds. The second kappa shape index (κ2) is 5.79. The lowest BCUT2D eigenvalue weighted by Crippen LogP contribution is -2.18. The highest BCUT2D eigenvalue weighted by Gasteiger charge is 2.03. The van der Waals surface area contributed by atoms with Crippen molar-refractivity contribution in [3.8, 4) is 0 Å². The minimum Gasteiger partial charge on any atom is -0.355 e. The molecular formula is C12H15N3O2. The Morgan fingerprint density at radius 1 is 1.06 bits per heavy atom. The molecule has 0 aliphatic carbocycles. The van der Waals surface area contributed by atoms with E-state index in [4.69, 9.17) is 0 Å². The second-order valence-electron chi connectivity index (χ2n) is 3.52. The van der Waals surface area contributed by atoms with Crippen molar-refractivity contribution in [1.82, 2.24) is 10.7 Å². The average Bonchev–Trinajstić information content (AvgIpc) is 2.35. The number of benzene rings is 1. The van der Waals surface area contributed by atoms with E-state index in [1.807, 2.05) is 0 Å². The molecule has 0 saturated carbocycles. The Hall–Kier alpha value is -2.17. The quantitative estimate of drug-likeness (QED) is 0.601. The number of rotatable bonds is 3. The molecule has 0 heterocycles. The summed E-state index contributed by atoms with van der Waals surface area (Å²) in [7, 11) is 1.58. The van der Waals surface area contributed by atoms with E-state index in [1.165, 1.54) is 6.92 Å². The highest BCUT2D eigenvalue weighted by molar-refractivity contribution is 6.00. The van der Waals surface area contributed by atoms with Crippen LogP contribution in [-0.2, 0) is 4.79 Å². The zero-order valence-electron chi connectivity index (χ0n) is 10.1. The molecule has 0 bridgehead atoms. The molecule has 0 aliphatic rings. The van der Waals surface area contributed by atoms with Crippen LogP contribution >= 0.6 is 0 Å². The zero-order valence-corrected chi connectivity index (χ0v) is 10.1. The van der Waals surface area contributed by atoms with Crippen LogP contribution in [0.25, 0.3) is 0 Å². The van der Waals surface area contributed by atoms with Crippen molar-refractivity contribution in [2.45, 2.75) is 13.8 Å². The largest absolute Gasteiger partial charge is 0.355 e. The Labute approximate surface area is 99.9 Å². The van der Waals surface area contributed by atoms with Crippen molar-refractivity contribution in [3.63, 3.8) is 0 Å². The van der Waals surface area contributed by atoms with Gasteiger partial charge in [-0.15, -0.1) is 0 Å². The molecule has 0 radical (unpaired) electrons. The SMILES string of the molecule is CNC(=O)c1ccc(/C(C)=N/NC(C)=O)cc1. The first-order valence-corrected chi connectivity index (χ1v) is 5.18. The fourth-order valence-corrected chi connectivity index (χ4v) is 1.23. The van der Waals surface area contributed by atoms with Crippen molar-refractivity contribution >= 4 is 17.5 Å². The molecular weight excluding hydrogens is 218 g/mol. The first-order chi connectivity index (χ1) is 8.04. The molecule has 90 valence electrons. The van der Waals surface area contributed by atoms with E-state index in [0.717, 1.165) is 5.56 Å². The lowest BCUT2D eigenvalue weighted by molar-refractivity contribution is -0.118. The van der Waals surface area contributed by atoms with Crippen LogP contribution in [0.1, 0.15) is 29.8 Å². The van der Waals surface area contributed by atoms with Crippen LogP contribution in [0.2, 0.25) is 0 Å². The number of hydrazone groups is 1. The van der Waals surface area contributed by atoms with Gasteiger partial charge in [0.2, 0.25) is 5.91 Å². The van der Waals surface area contributed by atoms with E-state index in [9.17, 15) is 9.59 Å². The topological polar surface area (TPSA) is 70.6 Å². The Morgan fingerprint density at radius 2 is 1.59 bits per heavy atom. The van der Waals surface area contributed by atoms with Crippen molar-refractivity contribution in [2.24, 2.45) is 5.10 Å². The molecule has 0 fully saturated rings. The number of carbonyl (C=O) groups is 2. The third kappa shape index (κ3) is 3.71. The fourth-order valence-electron chi connectivity index (χ4n) is 1.23. The molecule has 1 aromatic carbocycles. The standard InChI is InChI=1S/C12H15N3O2/c1-8(14-15-9(2)16)10-4-6-11(7-5-10)12(17)13-3/h4-7H,1-3H3,(H,13,17)(H,15,16)/b14-8+. The normalized spacial score (nSPS) is 10.9.